The number of pyridine rings is 1. The van der Waals surface area contributed by atoms with Crippen LogP contribution in [0.5, 0.6) is 0 Å². The largest absolute Gasteiger partial charge is 0.382 e. The Labute approximate surface area is 101 Å². The van der Waals surface area contributed by atoms with Crippen molar-refractivity contribution in [2.75, 3.05) is 30.7 Å². The monoisotopic (exact) mass is 234 g/mol. The van der Waals surface area contributed by atoms with E-state index in [9.17, 15) is 4.79 Å². The lowest BCUT2D eigenvalue weighted by Crippen LogP contribution is -2.39. The first-order chi connectivity index (χ1) is 8.27. The van der Waals surface area contributed by atoms with Gasteiger partial charge in [-0.15, -0.1) is 0 Å². The van der Waals surface area contributed by atoms with Crippen molar-refractivity contribution in [1.82, 2.24) is 9.88 Å². The van der Waals surface area contributed by atoms with E-state index in [1.165, 1.54) is 6.42 Å². The van der Waals surface area contributed by atoms with Crippen LogP contribution in [0.1, 0.15) is 19.3 Å². The second-order valence-corrected chi connectivity index (χ2v) is 4.23. The summed E-state index contributed by atoms with van der Waals surface area (Å²) in [5, 5.41) is 3.03. The number of piperidine rings is 1. The van der Waals surface area contributed by atoms with Crippen LogP contribution in [0.3, 0.4) is 0 Å². The Bertz CT molecular complexity index is 388. The summed E-state index contributed by atoms with van der Waals surface area (Å²) in [4.78, 5) is 17.8. The predicted octanol–water partition coefficient (Wildman–Crippen LogP) is 1.09. The fourth-order valence-corrected chi connectivity index (χ4v) is 1.99. The Morgan fingerprint density at radius 2 is 2.18 bits per heavy atom. The van der Waals surface area contributed by atoms with Gasteiger partial charge in [0.15, 0.2) is 0 Å². The normalized spacial score (nSPS) is 15.6. The summed E-state index contributed by atoms with van der Waals surface area (Å²) in [5.74, 6) is 0.562. The van der Waals surface area contributed by atoms with Gasteiger partial charge >= 0.3 is 0 Å². The molecular weight excluding hydrogens is 216 g/mol. The third-order valence-electron chi connectivity index (χ3n) is 2.98. The number of hydrogen-bond acceptors (Lipinski definition) is 4. The second kappa shape index (κ2) is 5.52. The zero-order valence-electron chi connectivity index (χ0n) is 9.85. The van der Waals surface area contributed by atoms with Gasteiger partial charge in [0.2, 0.25) is 5.91 Å². The molecule has 1 aromatic rings. The molecule has 0 unspecified atom stereocenters. The molecule has 2 heterocycles. The lowest BCUT2D eigenvalue weighted by Gasteiger charge is -2.26. The number of hydrogen-bond donors (Lipinski definition) is 2. The summed E-state index contributed by atoms with van der Waals surface area (Å²) in [6.45, 7) is 2.04. The molecule has 0 bridgehead atoms. The summed E-state index contributed by atoms with van der Waals surface area (Å²) in [6.07, 6.45) is 5.08. The summed E-state index contributed by atoms with van der Waals surface area (Å²) in [5.41, 5.74) is 6.41. The molecule has 17 heavy (non-hydrogen) atoms. The zero-order chi connectivity index (χ0) is 12.1. The van der Waals surface area contributed by atoms with Crippen LogP contribution in [-0.2, 0) is 4.79 Å². The standard InChI is InChI=1S/C12H18N4O/c13-12-10(5-4-6-14-12)15-9-11(17)16-7-2-1-3-8-16/h4-6,15H,1-3,7-9H2,(H2,13,14). The quantitative estimate of drug-likeness (QED) is 0.821. The summed E-state index contributed by atoms with van der Waals surface area (Å²) >= 11 is 0. The maximum absolute atomic E-state index is 11.9. The van der Waals surface area contributed by atoms with E-state index in [0.717, 1.165) is 31.6 Å². The number of carbonyl (C=O) groups excluding carboxylic acids is 1. The maximum atomic E-state index is 11.9. The highest BCUT2D eigenvalue weighted by Gasteiger charge is 2.16. The number of nitrogens with two attached hydrogens (primary N) is 1. The second-order valence-electron chi connectivity index (χ2n) is 4.23. The van der Waals surface area contributed by atoms with E-state index in [4.69, 9.17) is 5.73 Å². The van der Waals surface area contributed by atoms with Gasteiger partial charge in [0, 0.05) is 19.3 Å². The predicted molar refractivity (Wildman–Crippen MR) is 67.6 cm³/mol. The van der Waals surface area contributed by atoms with Crippen molar-refractivity contribution in [2.45, 2.75) is 19.3 Å². The van der Waals surface area contributed by atoms with Crippen molar-refractivity contribution in [3.8, 4) is 0 Å². The lowest BCUT2D eigenvalue weighted by molar-refractivity contribution is -0.130. The molecule has 0 atom stereocenters. The Morgan fingerprint density at radius 1 is 1.41 bits per heavy atom. The molecule has 1 aliphatic rings. The molecule has 5 heteroatoms. The fourth-order valence-electron chi connectivity index (χ4n) is 1.99. The molecule has 1 aliphatic heterocycles. The van der Waals surface area contributed by atoms with Gasteiger partial charge in [-0.25, -0.2) is 4.98 Å². The van der Waals surface area contributed by atoms with Crippen molar-refractivity contribution in [1.29, 1.82) is 0 Å². The van der Waals surface area contributed by atoms with Crippen LogP contribution < -0.4 is 11.1 Å². The number of rotatable bonds is 3. The van der Waals surface area contributed by atoms with E-state index < -0.39 is 0 Å². The number of carbonyl (C=O) groups is 1. The molecule has 1 aromatic heterocycles. The SMILES string of the molecule is Nc1ncccc1NCC(=O)N1CCCCC1. The molecule has 5 nitrogen and oxygen atoms in total. The number of anilines is 2. The number of likely N-dealkylation sites (tertiary alicyclic amines) is 1. The van der Waals surface area contributed by atoms with Crippen LogP contribution in [0.15, 0.2) is 18.3 Å². The average molecular weight is 234 g/mol. The first-order valence-electron chi connectivity index (χ1n) is 5.99. The average Bonchev–Trinajstić information content (AvgIpc) is 2.38. The van der Waals surface area contributed by atoms with E-state index in [1.807, 2.05) is 11.0 Å². The molecule has 0 saturated carbocycles. The van der Waals surface area contributed by atoms with Gasteiger partial charge in [0.25, 0.3) is 0 Å². The van der Waals surface area contributed by atoms with Gasteiger partial charge in [0.05, 0.1) is 12.2 Å². The minimum atomic E-state index is 0.132. The molecule has 0 aliphatic carbocycles. The van der Waals surface area contributed by atoms with E-state index in [-0.39, 0.29) is 12.5 Å². The lowest BCUT2D eigenvalue weighted by atomic mass is 10.1. The summed E-state index contributed by atoms with van der Waals surface area (Å²) < 4.78 is 0. The highest BCUT2D eigenvalue weighted by molar-refractivity contribution is 5.81. The minimum Gasteiger partial charge on any atom is -0.382 e. The van der Waals surface area contributed by atoms with Crippen LogP contribution in [0.25, 0.3) is 0 Å². The molecule has 1 amide bonds. The molecule has 92 valence electrons. The van der Waals surface area contributed by atoms with Crippen LogP contribution in [0, 0.1) is 0 Å². The Kier molecular flexibility index (Phi) is 3.80. The van der Waals surface area contributed by atoms with E-state index in [0.29, 0.717) is 5.82 Å². The maximum Gasteiger partial charge on any atom is 0.241 e. The smallest absolute Gasteiger partial charge is 0.241 e. The van der Waals surface area contributed by atoms with E-state index in [1.54, 1.807) is 12.3 Å². The van der Waals surface area contributed by atoms with Crippen LogP contribution in [0.2, 0.25) is 0 Å². The van der Waals surface area contributed by atoms with E-state index in [2.05, 4.69) is 10.3 Å². The highest BCUT2D eigenvalue weighted by Crippen LogP contribution is 2.14. The van der Waals surface area contributed by atoms with E-state index >= 15 is 0 Å². The molecule has 3 N–H and O–H groups in total. The van der Waals surface area contributed by atoms with Crippen LogP contribution in [-0.4, -0.2) is 35.4 Å². The first kappa shape index (κ1) is 11.7. The number of nitrogens with one attached hydrogen (secondary N) is 1. The third-order valence-corrected chi connectivity index (χ3v) is 2.98. The Hall–Kier alpha value is -1.78. The van der Waals surface area contributed by atoms with Gasteiger partial charge in [-0.05, 0) is 31.4 Å². The van der Waals surface area contributed by atoms with Gasteiger partial charge in [-0.1, -0.05) is 0 Å². The molecule has 1 fully saturated rings. The zero-order valence-corrected chi connectivity index (χ0v) is 9.85. The van der Waals surface area contributed by atoms with Gasteiger partial charge in [-0.3, -0.25) is 4.79 Å². The number of amides is 1. The molecule has 0 radical (unpaired) electrons. The summed E-state index contributed by atoms with van der Waals surface area (Å²) in [6, 6.07) is 3.62. The van der Waals surface area contributed by atoms with Crippen molar-refractivity contribution in [3.05, 3.63) is 18.3 Å². The van der Waals surface area contributed by atoms with Crippen molar-refractivity contribution in [3.63, 3.8) is 0 Å². The molecule has 0 aromatic carbocycles. The van der Waals surface area contributed by atoms with Crippen molar-refractivity contribution in [2.24, 2.45) is 0 Å². The molecule has 2 rings (SSSR count). The molecule has 1 saturated heterocycles. The molecule has 0 spiro atoms. The number of nitrogen functional groups attached to an aromatic ring is 1. The first-order valence-corrected chi connectivity index (χ1v) is 5.99. The highest BCUT2D eigenvalue weighted by atomic mass is 16.2. The summed E-state index contributed by atoms with van der Waals surface area (Å²) in [7, 11) is 0. The Morgan fingerprint density at radius 3 is 2.88 bits per heavy atom. The Balaban J connectivity index is 1.85. The van der Waals surface area contributed by atoms with Gasteiger partial charge in [0.1, 0.15) is 5.82 Å². The minimum absolute atomic E-state index is 0.132. The number of aromatic nitrogens is 1. The topological polar surface area (TPSA) is 71.2 Å². The fraction of sp³-hybridized carbons (Fsp3) is 0.500. The van der Waals surface area contributed by atoms with Gasteiger partial charge in [-0.2, -0.15) is 0 Å². The van der Waals surface area contributed by atoms with Crippen LogP contribution in [0.4, 0.5) is 11.5 Å². The molecular formula is C12H18N4O. The van der Waals surface area contributed by atoms with Crippen molar-refractivity contribution < 1.29 is 4.79 Å². The van der Waals surface area contributed by atoms with Gasteiger partial charge < -0.3 is 16.0 Å². The number of nitrogens with zero attached hydrogens (tertiary/aromatic N) is 2. The third kappa shape index (κ3) is 3.09. The van der Waals surface area contributed by atoms with Crippen molar-refractivity contribution >= 4 is 17.4 Å². The van der Waals surface area contributed by atoms with Crippen LogP contribution >= 0.6 is 0 Å².